The lowest BCUT2D eigenvalue weighted by Crippen LogP contribution is -2.33. The first-order chi connectivity index (χ1) is 18.6. The lowest BCUT2D eigenvalue weighted by atomic mass is 9.86. The van der Waals surface area contributed by atoms with E-state index < -0.39 is 5.97 Å². The molecule has 4 rings (SSSR count). The lowest BCUT2D eigenvalue weighted by Gasteiger charge is -2.23. The molecule has 1 N–H and O–H groups in total. The summed E-state index contributed by atoms with van der Waals surface area (Å²) in [6.07, 6.45) is 7.41. The number of benzene rings is 3. The molecule has 0 aliphatic carbocycles. The second kappa shape index (κ2) is 12.2. The van der Waals surface area contributed by atoms with E-state index in [1.165, 1.54) is 5.56 Å². The third-order valence-electron chi connectivity index (χ3n) is 7.45. The summed E-state index contributed by atoms with van der Waals surface area (Å²) < 4.78 is 0. The Bertz CT molecular complexity index is 1330. The number of hydrogen-bond donors (Lipinski definition) is 1. The van der Waals surface area contributed by atoms with E-state index in [0.717, 1.165) is 35.0 Å². The molecule has 39 heavy (non-hydrogen) atoms. The number of hydrogen-bond acceptors (Lipinski definition) is 3. The predicted octanol–water partition coefficient (Wildman–Crippen LogP) is 6.50. The number of carboxylic acids is 1. The molecule has 202 valence electrons. The van der Waals surface area contributed by atoms with Gasteiger partial charge in [-0.1, -0.05) is 93.6 Å². The summed E-state index contributed by atoms with van der Waals surface area (Å²) in [6.45, 7) is 7.18. The van der Waals surface area contributed by atoms with Crippen molar-refractivity contribution < 1.29 is 19.5 Å². The van der Waals surface area contributed by atoms with Crippen LogP contribution in [-0.4, -0.2) is 40.8 Å². The van der Waals surface area contributed by atoms with Crippen LogP contribution >= 0.6 is 0 Å². The van der Waals surface area contributed by atoms with Crippen LogP contribution in [0.4, 0.5) is 0 Å². The molecule has 1 fully saturated rings. The van der Waals surface area contributed by atoms with Crippen molar-refractivity contribution in [2.24, 2.45) is 5.92 Å². The standard InChI is InChI=1S/C34H37NO4/c1-34(2,3)30-14-12-27(13-15-30)29-6-4-5-25(22-29)21-26(23-36)9-16-31-17-18-32(37)35(31)20-19-24-7-10-28(11-8-24)33(38)39/h4-16,22-23,26,31H,17-21H2,1-3H3,(H,38,39)/b16-9+/t26-,31+/m1/s1. The van der Waals surface area contributed by atoms with Gasteiger partial charge in [-0.2, -0.15) is 0 Å². The Morgan fingerprint density at radius 1 is 1.00 bits per heavy atom. The van der Waals surface area contributed by atoms with Gasteiger partial charge in [0.1, 0.15) is 6.29 Å². The maximum Gasteiger partial charge on any atom is 0.335 e. The van der Waals surface area contributed by atoms with E-state index in [9.17, 15) is 14.4 Å². The van der Waals surface area contributed by atoms with Gasteiger partial charge in [-0.25, -0.2) is 4.79 Å². The molecule has 1 saturated heterocycles. The first-order valence-corrected chi connectivity index (χ1v) is 13.6. The molecule has 2 atom stereocenters. The highest BCUT2D eigenvalue weighted by molar-refractivity contribution is 5.87. The molecule has 0 spiro atoms. The van der Waals surface area contributed by atoms with Gasteiger partial charge in [0, 0.05) is 18.9 Å². The molecular weight excluding hydrogens is 486 g/mol. The van der Waals surface area contributed by atoms with Gasteiger partial charge in [-0.05, 0) is 64.6 Å². The zero-order valence-electron chi connectivity index (χ0n) is 23.0. The van der Waals surface area contributed by atoms with Gasteiger partial charge in [0.2, 0.25) is 5.91 Å². The first kappa shape index (κ1) is 28.0. The van der Waals surface area contributed by atoms with E-state index in [1.54, 1.807) is 24.3 Å². The summed E-state index contributed by atoms with van der Waals surface area (Å²) in [5, 5.41) is 9.08. The highest BCUT2D eigenvalue weighted by Crippen LogP contribution is 2.27. The molecule has 0 saturated carbocycles. The molecule has 3 aromatic carbocycles. The predicted molar refractivity (Wildman–Crippen MR) is 155 cm³/mol. The van der Waals surface area contributed by atoms with E-state index in [-0.39, 0.29) is 28.8 Å². The number of amides is 1. The molecule has 0 radical (unpaired) electrons. The SMILES string of the molecule is CC(C)(C)c1ccc(-c2cccc(C[C@H](C=O)/C=C/[C@H]3CCC(=O)N3CCc3ccc(C(=O)O)cc3)c2)cc1. The molecule has 1 heterocycles. The zero-order chi connectivity index (χ0) is 28.0. The molecular formula is C34H37NO4. The number of rotatable bonds is 10. The van der Waals surface area contributed by atoms with Gasteiger partial charge in [-0.3, -0.25) is 4.79 Å². The van der Waals surface area contributed by atoms with E-state index in [0.29, 0.717) is 25.8 Å². The van der Waals surface area contributed by atoms with Crippen LogP contribution in [0.15, 0.2) is 84.9 Å². The van der Waals surface area contributed by atoms with Crippen molar-refractivity contribution in [3.05, 3.63) is 107 Å². The van der Waals surface area contributed by atoms with Crippen LogP contribution in [0.5, 0.6) is 0 Å². The number of carbonyl (C=O) groups excluding carboxylic acids is 2. The Hall–Kier alpha value is -3.99. The van der Waals surface area contributed by atoms with Gasteiger partial charge in [-0.15, -0.1) is 0 Å². The minimum Gasteiger partial charge on any atom is -0.478 e. The normalized spacial score (nSPS) is 16.5. The Morgan fingerprint density at radius 2 is 1.72 bits per heavy atom. The first-order valence-electron chi connectivity index (χ1n) is 13.6. The number of carboxylic acid groups (broad SMARTS) is 1. The summed E-state index contributed by atoms with van der Waals surface area (Å²) in [4.78, 5) is 37.4. The molecule has 5 nitrogen and oxygen atoms in total. The Kier molecular flexibility index (Phi) is 8.80. The lowest BCUT2D eigenvalue weighted by molar-refractivity contribution is -0.128. The van der Waals surface area contributed by atoms with Crippen molar-refractivity contribution in [1.82, 2.24) is 4.90 Å². The van der Waals surface area contributed by atoms with Crippen LogP contribution in [0.25, 0.3) is 11.1 Å². The van der Waals surface area contributed by atoms with E-state index in [2.05, 4.69) is 63.2 Å². The Balaban J connectivity index is 1.39. The van der Waals surface area contributed by atoms with E-state index in [1.807, 2.05) is 23.1 Å². The summed E-state index contributed by atoms with van der Waals surface area (Å²) in [5.41, 5.74) is 6.02. The molecule has 3 aromatic rings. The maximum absolute atomic E-state index is 12.5. The van der Waals surface area contributed by atoms with Crippen LogP contribution in [0.3, 0.4) is 0 Å². The smallest absolute Gasteiger partial charge is 0.335 e. The maximum atomic E-state index is 12.5. The van der Waals surface area contributed by atoms with Crippen molar-refractivity contribution in [1.29, 1.82) is 0 Å². The second-order valence-electron chi connectivity index (χ2n) is 11.4. The number of carbonyl (C=O) groups is 3. The fourth-order valence-electron chi connectivity index (χ4n) is 5.06. The van der Waals surface area contributed by atoms with Crippen LogP contribution in [-0.2, 0) is 27.8 Å². The van der Waals surface area contributed by atoms with Gasteiger partial charge in [0.15, 0.2) is 0 Å². The van der Waals surface area contributed by atoms with Gasteiger partial charge in [0.05, 0.1) is 11.6 Å². The zero-order valence-corrected chi connectivity index (χ0v) is 23.0. The summed E-state index contributed by atoms with van der Waals surface area (Å²) in [5.74, 6) is -1.11. The Morgan fingerprint density at radius 3 is 2.36 bits per heavy atom. The molecule has 0 aromatic heterocycles. The molecule has 1 amide bonds. The van der Waals surface area contributed by atoms with Crippen molar-refractivity contribution in [2.75, 3.05) is 6.54 Å². The van der Waals surface area contributed by atoms with E-state index in [4.69, 9.17) is 5.11 Å². The Labute approximate surface area is 231 Å². The van der Waals surface area contributed by atoms with Crippen molar-refractivity contribution in [2.45, 2.75) is 57.9 Å². The number of aldehydes is 1. The number of likely N-dealkylation sites (tertiary alicyclic amines) is 1. The molecule has 5 heteroatoms. The number of nitrogens with zero attached hydrogens (tertiary/aromatic N) is 1. The van der Waals surface area contributed by atoms with Crippen molar-refractivity contribution >= 4 is 18.2 Å². The van der Waals surface area contributed by atoms with Gasteiger partial charge in [0.25, 0.3) is 0 Å². The molecule has 0 unspecified atom stereocenters. The molecule has 1 aliphatic rings. The van der Waals surface area contributed by atoms with Crippen LogP contribution in [0, 0.1) is 5.92 Å². The van der Waals surface area contributed by atoms with Crippen molar-refractivity contribution in [3.8, 4) is 11.1 Å². The monoisotopic (exact) mass is 523 g/mol. The van der Waals surface area contributed by atoms with Gasteiger partial charge >= 0.3 is 5.97 Å². The topological polar surface area (TPSA) is 74.7 Å². The fraction of sp³-hybridized carbons (Fsp3) is 0.324. The third-order valence-corrected chi connectivity index (χ3v) is 7.45. The van der Waals surface area contributed by atoms with Crippen LogP contribution in [0.1, 0.15) is 60.7 Å². The summed E-state index contributed by atoms with van der Waals surface area (Å²) in [6, 6.07) is 23.7. The van der Waals surface area contributed by atoms with E-state index >= 15 is 0 Å². The number of aromatic carboxylic acids is 1. The minimum atomic E-state index is -0.951. The van der Waals surface area contributed by atoms with Crippen LogP contribution in [0.2, 0.25) is 0 Å². The summed E-state index contributed by atoms with van der Waals surface area (Å²) in [7, 11) is 0. The third kappa shape index (κ3) is 7.32. The average molecular weight is 524 g/mol. The molecule has 0 bridgehead atoms. The quantitative estimate of drug-likeness (QED) is 0.243. The summed E-state index contributed by atoms with van der Waals surface area (Å²) >= 11 is 0. The van der Waals surface area contributed by atoms with Crippen LogP contribution < -0.4 is 0 Å². The number of allylic oxidation sites excluding steroid dienone is 1. The highest BCUT2D eigenvalue weighted by atomic mass is 16.4. The minimum absolute atomic E-state index is 0.0362. The average Bonchev–Trinajstić information content (AvgIpc) is 3.28. The second-order valence-corrected chi connectivity index (χ2v) is 11.4. The highest BCUT2D eigenvalue weighted by Gasteiger charge is 2.28. The van der Waals surface area contributed by atoms with Crippen molar-refractivity contribution in [3.63, 3.8) is 0 Å². The largest absolute Gasteiger partial charge is 0.478 e. The fourth-order valence-corrected chi connectivity index (χ4v) is 5.06. The van der Waals surface area contributed by atoms with Gasteiger partial charge < -0.3 is 14.8 Å². The molecule has 1 aliphatic heterocycles.